The summed E-state index contributed by atoms with van der Waals surface area (Å²) >= 11 is 3.12. The minimum Gasteiger partial charge on any atom is -0.338 e. The van der Waals surface area contributed by atoms with Gasteiger partial charge in [0.2, 0.25) is 0 Å². The maximum absolute atomic E-state index is 13.6. The second kappa shape index (κ2) is 5.26. The second-order valence-electron chi connectivity index (χ2n) is 3.91. The van der Waals surface area contributed by atoms with Gasteiger partial charge in [-0.1, -0.05) is 0 Å². The largest absolute Gasteiger partial charge is 0.338 e. The molecule has 4 nitrogen and oxygen atoms in total. The van der Waals surface area contributed by atoms with Crippen molar-refractivity contribution in [2.24, 2.45) is 0 Å². The fraction of sp³-hybridized carbons (Fsp3) is 0.0833. The topological polar surface area (TPSA) is 59.1 Å². The third-order valence-corrected chi connectivity index (χ3v) is 3.92. The number of sulfone groups is 1. The number of nitrogens with one attached hydrogen (secondary N) is 1. The van der Waals surface area contributed by atoms with Gasteiger partial charge in [0.25, 0.3) is 0 Å². The summed E-state index contributed by atoms with van der Waals surface area (Å²) in [6.45, 7) is 0. The molecule has 19 heavy (non-hydrogen) atoms. The fourth-order valence-electron chi connectivity index (χ4n) is 1.43. The van der Waals surface area contributed by atoms with Crippen molar-refractivity contribution in [3.63, 3.8) is 0 Å². The van der Waals surface area contributed by atoms with Crippen molar-refractivity contribution in [1.82, 2.24) is 4.98 Å². The van der Waals surface area contributed by atoms with Gasteiger partial charge in [0, 0.05) is 22.6 Å². The molecular formula is C12H10BrFN2O2S. The van der Waals surface area contributed by atoms with E-state index in [-0.39, 0.29) is 10.7 Å². The van der Waals surface area contributed by atoms with E-state index in [1.54, 1.807) is 12.1 Å². The molecule has 0 bridgehead atoms. The number of rotatable bonds is 3. The number of benzene rings is 1. The molecule has 0 aliphatic heterocycles. The zero-order valence-electron chi connectivity index (χ0n) is 9.89. The van der Waals surface area contributed by atoms with Crippen molar-refractivity contribution in [1.29, 1.82) is 0 Å². The summed E-state index contributed by atoms with van der Waals surface area (Å²) < 4.78 is 36.7. The van der Waals surface area contributed by atoms with Gasteiger partial charge in [0.1, 0.15) is 0 Å². The average molecular weight is 345 g/mol. The Hall–Kier alpha value is -1.47. The number of halogens is 2. The van der Waals surface area contributed by atoms with Gasteiger partial charge in [-0.05, 0) is 46.3 Å². The highest BCUT2D eigenvalue weighted by Gasteiger charge is 2.08. The molecule has 0 saturated heterocycles. The monoisotopic (exact) mass is 344 g/mol. The number of nitrogens with zero attached hydrogens (tertiary/aromatic N) is 1. The highest BCUT2D eigenvalue weighted by Crippen LogP contribution is 2.21. The van der Waals surface area contributed by atoms with Crippen molar-refractivity contribution in [3.05, 3.63) is 46.8 Å². The SMILES string of the molecule is CS(=O)(=O)c1ccc(Nc2ncc(Br)cc2F)cc1. The molecule has 0 fully saturated rings. The van der Waals surface area contributed by atoms with Crippen LogP contribution in [0.25, 0.3) is 0 Å². The van der Waals surface area contributed by atoms with E-state index in [2.05, 4.69) is 26.2 Å². The Bertz CT molecular complexity index is 702. The van der Waals surface area contributed by atoms with Gasteiger partial charge in [-0.2, -0.15) is 0 Å². The van der Waals surface area contributed by atoms with E-state index >= 15 is 0 Å². The minimum absolute atomic E-state index is 0.0790. The standard InChI is InChI=1S/C12H10BrFN2O2S/c1-19(17,18)10-4-2-9(3-5-10)16-12-11(14)6-8(13)7-15-12/h2-7H,1H3,(H,15,16). The quantitative estimate of drug-likeness (QED) is 0.929. The predicted octanol–water partition coefficient (Wildman–Crippen LogP) is 3.13. The van der Waals surface area contributed by atoms with Crippen molar-refractivity contribution in [3.8, 4) is 0 Å². The summed E-state index contributed by atoms with van der Waals surface area (Å²) in [6, 6.07) is 7.31. The first-order chi connectivity index (χ1) is 8.86. The molecule has 0 atom stereocenters. The van der Waals surface area contributed by atoms with Gasteiger partial charge in [-0.3, -0.25) is 0 Å². The van der Waals surface area contributed by atoms with E-state index in [9.17, 15) is 12.8 Å². The molecule has 100 valence electrons. The van der Waals surface area contributed by atoms with E-state index in [0.717, 1.165) is 6.26 Å². The van der Waals surface area contributed by atoms with Gasteiger partial charge in [-0.25, -0.2) is 17.8 Å². The van der Waals surface area contributed by atoms with Crippen LogP contribution in [0.1, 0.15) is 0 Å². The lowest BCUT2D eigenvalue weighted by Crippen LogP contribution is -1.99. The van der Waals surface area contributed by atoms with Crippen LogP contribution >= 0.6 is 15.9 Å². The molecule has 1 N–H and O–H groups in total. The van der Waals surface area contributed by atoms with Crippen LogP contribution < -0.4 is 5.32 Å². The van der Waals surface area contributed by atoms with Gasteiger partial charge in [0.15, 0.2) is 21.5 Å². The molecule has 1 aromatic heterocycles. The van der Waals surface area contributed by atoms with Gasteiger partial charge in [0.05, 0.1) is 4.90 Å². The molecule has 2 aromatic rings. The summed E-state index contributed by atoms with van der Waals surface area (Å²) in [5, 5.41) is 2.78. The van der Waals surface area contributed by atoms with Crippen molar-refractivity contribution >= 4 is 37.3 Å². The van der Waals surface area contributed by atoms with Crippen LogP contribution in [-0.4, -0.2) is 19.7 Å². The summed E-state index contributed by atoms with van der Waals surface area (Å²) in [5.74, 6) is -0.420. The van der Waals surface area contributed by atoms with Crippen LogP contribution in [0.2, 0.25) is 0 Å². The van der Waals surface area contributed by atoms with Crippen molar-refractivity contribution < 1.29 is 12.8 Å². The molecule has 0 aliphatic carbocycles. The highest BCUT2D eigenvalue weighted by molar-refractivity contribution is 9.10. The first kappa shape index (κ1) is 14.0. The van der Waals surface area contributed by atoms with Crippen molar-refractivity contribution in [2.45, 2.75) is 4.90 Å². The lowest BCUT2D eigenvalue weighted by molar-refractivity contribution is 0.602. The van der Waals surface area contributed by atoms with E-state index in [4.69, 9.17) is 0 Å². The first-order valence-electron chi connectivity index (χ1n) is 5.24. The van der Waals surface area contributed by atoms with Crippen LogP contribution in [0.5, 0.6) is 0 Å². The molecule has 0 radical (unpaired) electrons. The number of aromatic nitrogens is 1. The van der Waals surface area contributed by atoms with Gasteiger partial charge in [-0.15, -0.1) is 0 Å². The molecule has 2 rings (SSSR count). The Morgan fingerprint density at radius 2 is 1.89 bits per heavy atom. The smallest absolute Gasteiger partial charge is 0.175 e. The summed E-state index contributed by atoms with van der Waals surface area (Å²) in [7, 11) is -3.23. The second-order valence-corrected chi connectivity index (χ2v) is 6.84. The third-order valence-electron chi connectivity index (χ3n) is 2.35. The van der Waals surface area contributed by atoms with E-state index in [0.29, 0.717) is 10.2 Å². The molecule has 1 aromatic carbocycles. The maximum Gasteiger partial charge on any atom is 0.175 e. The molecule has 0 saturated carbocycles. The van der Waals surface area contributed by atoms with Crippen LogP contribution in [0.3, 0.4) is 0 Å². The number of hydrogen-bond donors (Lipinski definition) is 1. The molecule has 0 unspecified atom stereocenters. The molecule has 7 heteroatoms. The lowest BCUT2D eigenvalue weighted by Gasteiger charge is -2.07. The Balaban J connectivity index is 2.25. The summed E-state index contributed by atoms with van der Waals surface area (Å²) in [4.78, 5) is 4.10. The van der Waals surface area contributed by atoms with Crippen LogP contribution in [0, 0.1) is 5.82 Å². The normalized spacial score (nSPS) is 11.3. The third kappa shape index (κ3) is 3.51. The van der Waals surface area contributed by atoms with Crippen LogP contribution in [0.4, 0.5) is 15.9 Å². The zero-order valence-corrected chi connectivity index (χ0v) is 12.3. The van der Waals surface area contributed by atoms with Crippen LogP contribution in [0.15, 0.2) is 45.9 Å². The number of hydrogen-bond acceptors (Lipinski definition) is 4. The molecular weight excluding hydrogens is 335 g/mol. The Morgan fingerprint density at radius 1 is 1.26 bits per heavy atom. The van der Waals surface area contributed by atoms with E-state index in [1.165, 1.54) is 24.4 Å². The minimum atomic E-state index is -3.23. The molecule has 0 aliphatic rings. The Morgan fingerprint density at radius 3 is 2.42 bits per heavy atom. The summed E-state index contributed by atoms with van der Waals surface area (Å²) in [6.07, 6.45) is 2.60. The van der Waals surface area contributed by atoms with Gasteiger partial charge >= 0.3 is 0 Å². The van der Waals surface area contributed by atoms with Crippen molar-refractivity contribution in [2.75, 3.05) is 11.6 Å². The number of anilines is 2. The maximum atomic E-state index is 13.6. The zero-order chi connectivity index (χ0) is 14.0. The molecule has 0 amide bonds. The first-order valence-corrected chi connectivity index (χ1v) is 7.93. The van der Waals surface area contributed by atoms with Gasteiger partial charge < -0.3 is 5.32 Å². The summed E-state index contributed by atoms with van der Waals surface area (Å²) in [5.41, 5.74) is 0.557. The van der Waals surface area contributed by atoms with E-state index in [1.807, 2.05) is 0 Å². The Kier molecular flexibility index (Phi) is 3.86. The number of pyridine rings is 1. The van der Waals surface area contributed by atoms with E-state index < -0.39 is 15.7 Å². The Labute approximate surface area is 118 Å². The predicted molar refractivity (Wildman–Crippen MR) is 74.7 cm³/mol. The fourth-order valence-corrected chi connectivity index (χ4v) is 2.36. The molecule has 1 heterocycles. The molecule has 0 spiro atoms. The lowest BCUT2D eigenvalue weighted by atomic mass is 10.3. The average Bonchev–Trinajstić information content (AvgIpc) is 2.32. The van der Waals surface area contributed by atoms with Crippen LogP contribution in [-0.2, 0) is 9.84 Å². The highest BCUT2D eigenvalue weighted by atomic mass is 79.9.